The van der Waals surface area contributed by atoms with E-state index in [4.69, 9.17) is 0 Å². The number of alkyl halides is 6. The number of hydrogen-bond donors (Lipinski definition) is 1. The van der Waals surface area contributed by atoms with Crippen molar-refractivity contribution in [1.82, 2.24) is 5.32 Å². The number of benzodiazepines with no additional fused rings is 1. The number of benzene rings is 3. The Morgan fingerprint density at radius 1 is 0.868 bits per heavy atom. The first kappa shape index (κ1) is 26.9. The molecule has 0 saturated carbocycles. The molecule has 0 spiro atoms. The van der Waals surface area contributed by atoms with Crippen LogP contribution in [0.15, 0.2) is 77.8 Å². The quantitative estimate of drug-likeness (QED) is 0.414. The molecule has 0 aromatic heterocycles. The van der Waals surface area contributed by atoms with Crippen LogP contribution in [0.5, 0.6) is 0 Å². The highest BCUT2D eigenvalue weighted by molar-refractivity contribution is 6.20. The molecule has 0 aliphatic carbocycles. The third-order valence-electron chi connectivity index (χ3n) is 5.83. The molecule has 0 saturated heterocycles. The van der Waals surface area contributed by atoms with Crippen molar-refractivity contribution in [3.63, 3.8) is 0 Å². The number of nitrogens with one attached hydrogen (secondary N) is 1. The van der Waals surface area contributed by atoms with Gasteiger partial charge in [0.25, 0.3) is 11.8 Å². The average Bonchev–Trinajstić information content (AvgIpc) is 2.97. The van der Waals surface area contributed by atoms with Gasteiger partial charge in [-0.2, -0.15) is 26.3 Å². The largest absolute Gasteiger partial charge is 0.416 e. The second kappa shape index (κ2) is 9.96. The van der Waals surface area contributed by atoms with E-state index in [-0.39, 0.29) is 6.07 Å². The van der Waals surface area contributed by atoms with E-state index >= 15 is 0 Å². The van der Waals surface area contributed by atoms with Crippen molar-refractivity contribution >= 4 is 23.2 Å². The van der Waals surface area contributed by atoms with Gasteiger partial charge >= 0.3 is 12.4 Å². The van der Waals surface area contributed by atoms with Crippen molar-refractivity contribution < 1.29 is 35.9 Å². The number of fused-ring (bicyclic) bond motifs is 1. The number of carbonyl (C=O) groups is 2. The predicted octanol–water partition coefficient (Wildman–Crippen LogP) is 6.07. The number of carbonyl (C=O) groups excluding carboxylic acids is 2. The molecule has 38 heavy (non-hydrogen) atoms. The molecule has 3 aromatic carbocycles. The normalized spacial score (nSPS) is 16.1. The molecule has 11 heteroatoms. The molecule has 3 aromatic rings. The molecule has 1 aliphatic rings. The minimum Gasteiger partial charge on any atom is -0.322 e. The van der Waals surface area contributed by atoms with E-state index in [0.29, 0.717) is 34.7 Å². The molecule has 1 aliphatic heterocycles. The number of nitrogens with zero attached hydrogens (tertiary/aromatic N) is 2. The van der Waals surface area contributed by atoms with Crippen LogP contribution in [0.1, 0.15) is 46.5 Å². The maximum Gasteiger partial charge on any atom is 0.416 e. The van der Waals surface area contributed by atoms with Crippen LogP contribution in [0.3, 0.4) is 0 Å². The smallest absolute Gasteiger partial charge is 0.322 e. The molecule has 5 nitrogen and oxygen atoms in total. The van der Waals surface area contributed by atoms with Gasteiger partial charge < -0.3 is 10.2 Å². The Hall–Kier alpha value is -4.15. The summed E-state index contributed by atoms with van der Waals surface area (Å²) in [5.74, 6) is -2.01. The Bertz CT molecular complexity index is 1370. The highest BCUT2D eigenvalue weighted by atomic mass is 19.4. The van der Waals surface area contributed by atoms with E-state index in [1.54, 1.807) is 68.4 Å². The molecule has 1 atom stereocenters. The fourth-order valence-electron chi connectivity index (χ4n) is 4.13. The lowest BCUT2D eigenvalue weighted by molar-refractivity contribution is -0.143. The van der Waals surface area contributed by atoms with Crippen molar-refractivity contribution in [2.24, 2.45) is 4.99 Å². The molecule has 0 bridgehead atoms. The van der Waals surface area contributed by atoms with Gasteiger partial charge in [0, 0.05) is 22.7 Å². The number of amides is 2. The van der Waals surface area contributed by atoms with Gasteiger partial charge in [-0.1, -0.05) is 48.5 Å². The summed E-state index contributed by atoms with van der Waals surface area (Å²) in [7, 11) is 0. The van der Waals surface area contributed by atoms with Crippen LogP contribution in [0, 0.1) is 0 Å². The second-order valence-electron chi connectivity index (χ2n) is 8.83. The Labute approximate surface area is 213 Å². The van der Waals surface area contributed by atoms with Gasteiger partial charge in [0.2, 0.25) is 6.17 Å². The Morgan fingerprint density at radius 2 is 1.42 bits per heavy atom. The van der Waals surface area contributed by atoms with Gasteiger partial charge in [-0.25, -0.2) is 4.99 Å². The van der Waals surface area contributed by atoms with Crippen LogP contribution in [0.2, 0.25) is 0 Å². The van der Waals surface area contributed by atoms with Gasteiger partial charge in [0.1, 0.15) is 0 Å². The average molecular weight is 533 g/mol. The van der Waals surface area contributed by atoms with Crippen LogP contribution >= 0.6 is 0 Å². The fourth-order valence-corrected chi connectivity index (χ4v) is 4.13. The summed E-state index contributed by atoms with van der Waals surface area (Å²) < 4.78 is 79.9. The van der Waals surface area contributed by atoms with Crippen molar-refractivity contribution in [2.75, 3.05) is 4.90 Å². The number of halogens is 6. The molecule has 1 unspecified atom stereocenters. The van der Waals surface area contributed by atoms with Crippen molar-refractivity contribution in [3.05, 3.63) is 101 Å². The summed E-state index contributed by atoms with van der Waals surface area (Å²) in [6.45, 7) is 3.45. The molecule has 198 valence electrons. The lowest BCUT2D eigenvalue weighted by atomic mass is 10.00. The van der Waals surface area contributed by atoms with E-state index in [1.807, 2.05) is 0 Å². The summed E-state index contributed by atoms with van der Waals surface area (Å²) in [5.41, 5.74) is -2.22. The van der Waals surface area contributed by atoms with E-state index in [2.05, 4.69) is 10.3 Å². The zero-order valence-electron chi connectivity index (χ0n) is 20.1. The minimum absolute atomic E-state index is 0.0730. The third kappa shape index (κ3) is 5.41. The number of rotatable bonds is 4. The van der Waals surface area contributed by atoms with Crippen molar-refractivity contribution in [3.8, 4) is 0 Å². The van der Waals surface area contributed by atoms with E-state index in [9.17, 15) is 35.9 Å². The maximum absolute atomic E-state index is 13.6. The standard InChI is InChI=1S/C27H21F6N3O2/c1-15(2)36-21-11-7-6-10-20(21)22(16-8-4-3-5-9-16)34-23(25(36)38)35-24(37)17-12-18(26(28,29)30)14-19(13-17)27(31,32)33/h3-15,23H,1-2H3,(H,35,37). The summed E-state index contributed by atoms with van der Waals surface area (Å²) in [6, 6.07) is 15.7. The summed E-state index contributed by atoms with van der Waals surface area (Å²) >= 11 is 0. The number of anilines is 1. The zero-order chi connectivity index (χ0) is 27.8. The van der Waals surface area contributed by atoms with E-state index in [1.165, 1.54) is 4.90 Å². The molecule has 0 radical (unpaired) electrons. The third-order valence-corrected chi connectivity index (χ3v) is 5.83. The SMILES string of the molecule is CC(C)N1C(=O)C(NC(=O)c2cc(C(F)(F)F)cc(C(F)(F)F)c2)N=C(c2ccccc2)c2ccccc21. The Balaban J connectivity index is 1.83. The molecule has 1 N–H and O–H groups in total. The Morgan fingerprint density at radius 3 is 1.97 bits per heavy atom. The summed E-state index contributed by atoms with van der Waals surface area (Å²) in [5, 5.41) is 2.25. The highest BCUT2D eigenvalue weighted by Crippen LogP contribution is 2.36. The Kier molecular flexibility index (Phi) is 7.05. The summed E-state index contributed by atoms with van der Waals surface area (Å²) in [6.07, 6.45) is -11.9. The number of hydrogen-bond acceptors (Lipinski definition) is 3. The molecular weight excluding hydrogens is 512 g/mol. The van der Waals surface area contributed by atoms with Crippen LogP contribution in [0.4, 0.5) is 32.0 Å². The zero-order valence-corrected chi connectivity index (χ0v) is 20.1. The second-order valence-corrected chi connectivity index (χ2v) is 8.83. The highest BCUT2D eigenvalue weighted by Gasteiger charge is 2.39. The number of para-hydroxylation sites is 1. The van der Waals surface area contributed by atoms with Gasteiger partial charge in [-0.3, -0.25) is 9.59 Å². The van der Waals surface area contributed by atoms with Crippen molar-refractivity contribution in [1.29, 1.82) is 0 Å². The van der Waals surface area contributed by atoms with Crippen molar-refractivity contribution in [2.45, 2.75) is 38.4 Å². The summed E-state index contributed by atoms with van der Waals surface area (Å²) in [4.78, 5) is 32.5. The van der Waals surface area contributed by atoms with Crippen LogP contribution in [-0.2, 0) is 17.1 Å². The van der Waals surface area contributed by atoms with E-state index in [0.717, 1.165) is 0 Å². The number of aliphatic imine (C=N–C) groups is 1. The molecule has 4 rings (SSSR count). The first-order valence-corrected chi connectivity index (χ1v) is 11.4. The van der Waals surface area contributed by atoms with Crippen LogP contribution in [-0.4, -0.2) is 29.7 Å². The minimum atomic E-state index is -5.14. The van der Waals surface area contributed by atoms with Crippen LogP contribution in [0.25, 0.3) is 0 Å². The molecule has 2 amide bonds. The molecule has 0 fully saturated rings. The van der Waals surface area contributed by atoms with E-state index < -0.39 is 53.1 Å². The first-order chi connectivity index (χ1) is 17.8. The molecule has 1 heterocycles. The van der Waals surface area contributed by atoms with Gasteiger partial charge in [0.05, 0.1) is 22.5 Å². The van der Waals surface area contributed by atoms with Crippen LogP contribution < -0.4 is 10.2 Å². The fraction of sp³-hybridized carbons (Fsp3) is 0.222. The lowest BCUT2D eigenvalue weighted by Crippen LogP contribution is -2.49. The van der Waals surface area contributed by atoms with Gasteiger partial charge in [-0.05, 0) is 38.1 Å². The monoisotopic (exact) mass is 533 g/mol. The lowest BCUT2D eigenvalue weighted by Gasteiger charge is -2.29. The maximum atomic E-state index is 13.6. The van der Waals surface area contributed by atoms with Gasteiger partial charge in [0.15, 0.2) is 0 Å². The van der Waals surface area contributed by atoms with Gasteiger partial charge in [-0.15, -0.1) is 0 Å². The molecular formula is C27H21F6N3O2. The topological polar surface area (TPSA) is 61.8 Å². The first-order valence-electron chi connectivity index (χ1n) is 11.4. The predicted molar refractivity (Wildman–Crippen MR) is 129 cm³/mol.